The molecule has 2 heterocycles. The Hall–Kier alpha value is -1.13. The molecule has 1 aromatic rings. The fourth-order valence-corrected chi connectivity index (χ4v) is 2.51. The molecule has 1 aliphatic rings. The number of nitrogens with zero attached hydrogens (tertiary/aromatic N) is 2. The summed E-state index contributed by atoms with van der Waals surface area (Å²) >= 11 is 0. The molecule has 0 aromatic carbocycles. The third-order valence-electron chi connectivity index (χ3n) is 3.64. The van der Waals surface area contributed by atoms with Gasteiger partial charge in [0, 0.05) is 39.0 Å². The van der Waals surface area contributed by atoms with Gasteiger partial charge in [0.15, 0.2) is 0 Å². The smallest absolute Gasteiger partial charge is 0.0746 e. The number of rotatable bonds is 5. The molecule has 0 radical (unpaired) electrons. The first-order valence-corrected chi connectivity index (χ1v) is 7.14. The van der Waals surface area contributed by atoms with E-state index in [1.165, 1.54) is 17.7 Å². The summed E-state index contributed by atoms with van der Waals surface area (Å²) in [4.78, 5) is 6.69. The Labute approximate surface area is 116 Å². The van der Waals surface area contributed by atoms with Gasteiger partial charge >= 0.3 is 0 Å². The molecule has 4 heteroatoms. The first-order valence-electron chi connectivity index (χ1n) is 7.14. The molecule has 19 heavy (non-hydrogen) atoms. The number of aromatic nitrogens is 1. The highest BCUT2D eigenvalue weighted by atomic mass is 16.5. The van der Waals surface area contributed by atoms with Crippen LogP contribution >= 0.6 is 0 Å². The van der Waals surface area contributed by atoms with E-state index >= 15 is 0 Å². The fourth-order valence-electron chi connectivity index (χ4n) is 2.51. The first kappa shape index (κ1) is 14.3. The number of ether oxygens (including phenoxy) is 1. The highest BCUT2D eigenvalue weighted by Crippen LogP contribution is 2.24. The molecule has 0 amide bonds. The molecule has 106 valence electrons. The minimum Gasteiger partial charge on any atom is -0.380 e. The van der Waals surface area contributed by atoms with E-state index in [1.54, 1.807) is 7.11 Å². The van der Waals surface area contributed by atoms with Gasteiger partial charge in [-0.15, -0.1) is 0 Å². The van der Waals surface area contributed by atoms with Crippen LogP contribution in [0.15, 0.2) is 18.5 Å². The monoisotopic (exact) mass is 263 g/mol. The van der Waals surface area contributed by atoms with Gasteiger partial charge in [-0.2, -0.15) is 0 Å². The van der Waals surface area contributed by atoms with Gasteiger partial charge in [0.05, 0.1) is 18.0 Å². The van der Waals surface area contributed by atoms with Gasteiger partial charge in [-0.1, -0.05) is 13.8 Å². The molecule has 0 aliphatic carbocycles. The number of hydrogen-bond acceptors (Lipinski definition) is 4. The van der Waals surface area contributed by atoms with Crippen molar-refractivity contribution in [3.63, 3.8) is 0 Å². The van der Waals surface area contributed by atoms with Gasteiger partial charge in [0.1, 0.15) is 0 Å². The second-order valence-corrected chi connectivity index (χ2v) is 5.49. The third-order valence-corrected chi connectivity index (χ3v) is 3.64. The van der Waals surface area contributed by atoms with Crippen molar-refractivity contribution in [3.8, 4) is 0 Å². The predicted octanol–water partition coefficient (Wildman–Crippen LogP) is 2.19. The summed E-state index contributed by atoms with van der Waals surface area (Å²) in [6.45, 7) is 7.30. The van der Waals surface area contributed by atoms with E-state index in [1.807, 2.05) is 12.4 Å². The van der Waals surface area contributed by atoms with E-state index in [-0.39, 0.29) is 0 Å². The molecule has 1 fully saturated rings. The van der Waals surface area contributed by atoms with Crippen LogP contribution in [0.25, 0.3) is 0 Å². The number of methoxy groups -OCH3 is 1. The normalized spacial score (nSPS) is 20.0. The van der Waals surface area contributed by atoms with Crippen LogP contribution in [0.2, 0.25) is 0 Å². The molecule has 1 saturated heterocycles. The summed E-state index contributed by atoms with van der Waals surface area (Å²) in [6.07, 6.45) is 6.55. The Morgan fingerprint density at radius 1 is 1.53 bits per heavy atom. The second-order valence-electron chi connectivity index (χ2n) is 5.49. The number of nitrogens with one attached hydrogen (secondary N) is 1. The molecule has 2 rings (SSSR count). The van der Waals surface area contributed by atoms with E-state index < -0.39 is 0 Å². The summed E-state index contributed by atoms with van der Waals surface area (Å²) in [6, 6.07) is 2.61. The van der Waals surface area contributed by atoms with Crippen molar-refractivity contribution in [1.29, 1.82) is 0 Å². The maximum Gasteiger partial charge on any atom is 0.0746 e. The average Bonchev–Trinajstić information content (AvgIpc) is 2.45. The summed E-state index contributed by atoms with van der Waals surface area (Å²) < 4.78 is 5.50. The van der Waals surface area contributed by atoms with Crippen LogP contribution in [0, 0.1) is 0 Å². The topological polar surface area (TPSA) is 37.4 Å². The highest BCUT2D eigenvalue weighted by molar-refractivity contribution is 5.52. The number of piperidine rings is 1. The molecule has 1 unspecified atom stereocenters. The molecule has 0 bridgehead atoms. The zero-order valence-electron chi connectivity index (χ0n) is 12.2. The van der Waals surface area contributed by atoms with Crippen molar-refractivity contribution in [3.05, 3.63) is 24.0 Å². The van der Waals surface area contributed by atoms with Crippen LogP contribution in [-0.2, 0) is 11.3 Å². The molecule has 1 aromatic heterocycles. The molecular formula is C15H25N3O. The predicted molar refractivity (Wildman–Crippen MR) is 78.5 cm³/mol. The zero-order chi connectivity index (χ0) is 13.7. The maximum atomic E-state index is 5.50. The fraction of sp³-hybridized carbons (Fsp3) is 0.667. The number of anilines is 1. The SMILES string of the molecule is COC1CCCN(c2cnccc2CNC(C)C)C1. The number of pyridine rings is 1. The highest BCUT2D eigenvalue weighted by Gasteiger charge is 2.21. The van der Waals surface area contributed by atoms with E-state index in [2.05, 4.69) is 35.1 Å². The van der Waals surface area contributed by atoms with E-state index in [0.717, 1.165) is 26.1 Å². The molecule has 1 N–H and O–H groups in total. The average molecular weight is 263 g/mol. The lowest BCUT2D eigenvalue weighted by atomic mass is 10.1. The summed E-state index contributed by atoms with van der Waals surface area (Å²) in [7, 11) is 1.80. The van der Waals surface area contributed by atoms with Gasteiger partial charge < -0.3 is 15.0 Å². The summed E-state index contributed by atoms with van der Waals surface area (Å²) in [5, 5.41) is 3.48. The molecule has 0 saturated carbocycles. The van der Waals surface area contributed by atoms with Crippen LogP contribution in [0.5, 0.6) is 0 Å². The van der Waals surface area contributed by atoms with Crippen molar-refractivity contribution in [2.45, 2.75) is 45.4 Å². The van der Waals surface area contributed by atoms with E-state index in [9.17, 15) is 0 Å². The van der Waals surface area contributed by atoms with Gasteiger partial charge in [-0.3, -0.25) is 4.98 Å². The zero-order valence-corrected chi connectivity index (χ0v) is 12.2. The largest absolute Gasteiger partial charge is 0.380 e. The molecular weight excluding hydrogens is 238 g/mol. The van der Waals surface area contributed by atoms with Crippen LogP contribution in [0.3, 0.4) is 0 Å². The lowest BCUT2D eigenvalue weighted by Gasteiger charge is -2.34. The van der Waals surface area contributed by atoms with Crippen molar-refractivity contribution >= 4 is 5.69 Å². The van der Waals surface area contributed by atoms with Crippen molar-refractivity contribution in [2.24, 2.45) is 0 Å². The Morgan fingerprint density at radius 2 is 2.37 bits per heavy atom. The minimum atomic E-state index is 0.347. The van der Waals surface area contributed by atoms with Crippen LogP contribution < -0.4 is 10.2 Å². The maximum absolute atomic E-state index is 5.50. The van der Waals surface area contributed by atoms with Crippen molar-refractivity contribution in [2.75, 3.05) is 25.1 Å². The lowest BCUT2D eigenvalue weighted by Crippen LogP contribution is -2.40. The lowest BCUT2D eigenvalue weighted by molar-refractivity contribution is 0.0893. The van der Waals surface area contributed by atoms with Crippen molar-refractivity contribution < 1.29 is 4.74 Å². The minimum absolute atomic E-state index is 0.347. The first-order chi connectivity index (χ1) is 9.20. The van der Waals surface area contributed by atoms with Crippen molar-refractivity contribution in [1.82, 2.24) is 10.3 Å². The Kier molecular flexibility index (Phi) is 5.16. The number of hydrogen-bond donors (Lipinski definition) is 1. The van der Waals surface area contributed by atoms with Gasteiger partial charge in [-0.25, -0.2) is 0 Å². The summed E-state index contributed by atoms with van der Waals surface area (Å²) in [5.74, 6) is 0. The third kappa shape index (κ3) is 3.91. The van der Waals surface area contributed by atoms with Gasteiger partial charge in [-0.05, 0) is 24.5 Å². The Morgan fingerprint density at radius 3 is 3.11 bits per heavy atom. The molecule has 0 spiro atoms. The standard InChI is InChI=1S/C15H25N3O/c1-12(2)17-9-13-6-7-16-10-15(13)18-8-4-5-14(11-18)19-3/h6-7,10,12,14,17H,4-5,8-9,11H2,1-3H3. The molecule has 4 nitrogen and oxygen atoms in total. The Bertz CT molecular complexity index is 395. The quantitative estimate of drug-likeness (QED) is 0.883. The molecule has 1 aliphatic heterocycles. The van der Waals surface area contributed by atoms with Gasteiger partial charge in [0.25, 0.3) is 0 Å². The van der Waals surface area contributed by atoms with Crippen LogP contribution in [-0.4, -0.2) is 37.3 Å². The summed E-state index contributed by atoms with van der Waals surface area (Å²) in [5.41, 5.74) is 2.57. The Balaban J connectivity index is 2.09. The van der Waals surface area contributed by atoms with E-state index in [4.69, 9.17) is 4.74 Å². The van der Waals surface area contributed by atoms with Crippen LogP contribution in [0.4, 0.5) is 5.69 Å². The second kappa shape index (κ2) is 6.87. The van der Waals surface area contributed by atoms with Gasteiger partial charge in [0.2, 0.25) is 0 Å². The molecule has 1 atom stereocenters. The van der Waals surface area contributed by atoms with E-state index in [0.29, 0.717) is 12.1 Å². The van der Waals surface area contributed by atoms with Crippen LogP contribution in [0.1, 0.15) is 32.3 Å².